The third-order valence-corrected chi connectivity index (χ3v) is 7.66. The quantitative estimate of drug-likeness (QED) is 0.623. The summed E-state index contributed by atoms with van der Waals surface area (Å²) in [4.78, 5) is 24.5. The summed E-state index contributed by atoms with van der Waals surface area (Å²) in [5.74, 6) is 0.932. The average molecular weight is 438 g/mol. The second-order valence-corrected chi connectivity index (χ2v) is 9.29. The summed E-state index contributed by atoms with van der Waals surface area (Å²) in [5.41, 5.74) is 10.9. The molecule has 2 N–H and O–H groups in total. The number of nitriles is 1. The zero-order valence-electron chi connectivity index (χ0n) is 18.4. The number of aliphatic imine (C=N–C) groups is 1. The number of likely N-dealkylation sites (N-methyl/N-ethyl adjacent to an activating group) is 1. The highest BCUT2D eigenvalue weighted by molar-refractivity contribution is 6.08. The number of hydrogen-bond acceptors (Lipinski definition) is 7. The van der Waals surface area contributed by atoms with Gasteiger partial charge in [-0.1, -0.05) is 17.3 Å². The molecule has 0 saturated heterocycles. The smallest absolute Gasteiger partial charge is 0.262 e. The van der Waals surface area contributed by atoms with Gasteiger partial charge in [-0.15, -0.1) is 0 Å². The second kappa shape index (κ2) is 6.51. The number of carbonyl (C=O) groups is 1. The molecule has 2 unspecified atom stereocenters. The third kappa shape index (κ3) is 2.45. The van der Waals surface area contributed by atoms with Gasteiger partial charge in [-0.2, -0.15) is 5.26 Å². The van der Waals surface area contributed by atoms with E-state index < -0.39 is 11.0 Å². The fourth-order valence-electron chi connectivity index (χ4n) is 5.95. The minimum absolute atomic E-state index is 0.0997. The molecule has 0 saturated carbocycles. The van der Waals surface area contributed by atoms with Gasteiger partial charge in [0.15, 0.2) is 11.5 Å². The largest absolute Gasteiger partial charge is 0.369 e. The number of nitrogens with two attached hydrogens (primary N) is 1. The van der Waals surface area contributed by atoms with Crippen molar-refractivity contribution >= 4 is 11.9 Å². The summed E-state index contributed by atoms with van der Waals surface area (Å²) < 4.78 is 5.48. The topological polar surface area (TPSA) is 121 Å². The van der Waals surface area contributed by atoms with Crippen molar-refractivity contribution in [3.63, 3.8) is 0 Å². The minimum atomic E-state index is -1.10. The lowest BCUT2D eigenvalue weighted by Gasteiger charge is -2.43. The minimum Gasteiger partial charge on any atom is -0.369 e. The van der Waals surface area contributed by atoms with Gasteiger partial charge in [-0.25, -0.2) is 4.99 Å². The number of carbonyl (C=O) groups excluding carboxylic acids is 1. The van der Waals surface area contributed by atoms with Crippen molar-refractivity contribution in [2.75, 3.05) is 7.05 Å². The lowest BCUT2D eigenvalue weighted by molar-refractivity contribution is -0.135. The molecule has 164 valence electrons. The predicted molar refractivity (Wildman–Crippen MR) is 120 cm³/mol. The maximum atomic E-state index is 13.9. The fourth-order valence-corrected chi connectivity index (χ4v) is 5.95. The molecule has 1 aromatic carbocycles. The highest BCUT2D eigenvalue weighted by Gasteiger charge is 2.66. The van der Waals surface area contributed by atoms with Gasteiger partial charge in [-0.05, 0) is 61.4 Å². The average Bonchev–Trinajstić information content (AvgIpc) is 3.41. The standard InChI is InChI=1S/C25H22N6O2/c1-14-19-10-24(6-5-21(19)30-33-14)9-17-4-3-16(18-7-15(11-26)12-28-13-18)8-20(17)25(24)22(32)31(2)23(27)29-25/h3-4,7-8,12-13H,5-6,9-10H2,1-2H3,(H2,27,29). The Labute approximate surface area is 190 Å². The molecule has 33 heavy (non-hydrogen) atoms. The van der Waals surface area contributed by atoms with E-state index in [-0.39, 0.29) is 11.9 Å². The van der Waals surface area contributed by atoms with Crippen LogP contribution in [0, 0.1) is 23.7 Å². The molecule has 2 atom stereocenters. The first-order chi connectivity index (χ1) is 15.9. The highest BCUT2D eigenvalue weighted by Crippen LogP contribution is 2.61. The van der Waals surface area contributed by atoms with Gasteiger partial charge in [0.05, 0.1) is 11.3 Å². The summed E-state index contributed by atoms with van der Waals surface area (Å²) >= 11 is 0. The molecule has 1 aliphatic heterocycles. The van der Waals surface area contributed by atoms with Crippen LogP contribution in [0.25, 0.3) is 11.1 Å². The van der Waals surface area contributed by atoms with E-state index >= 15 is 0 Å². The molecule has 3 aromatic rings. The Morgan fingerprint density at radius 3 is 2.82 bits per heavy atom. The number of aromatic nitrogens is 2. The van der Waals surface area contributed by atoms with Crippen LogP contribution in [0.1, 0.15) is 40.1 Å². The van der Waals surface area contributed by atoms with Crippen LogP contribution < -0.4 is 5.73 Å². The van der Waals surface area contributed by atoms with Crippen molar-refractivity contribution in [1.82, 2.24) is 15.0 Å². The molecule has 2 aliphatic carbocycles. The number of nitrogens with zero attached hydrogens (tertiary/aromatic N) is 5. The van der Waals surface area contributed by atoms with E-state index in [0.717, 1.165) is 58.5 Å². The van der Waals surface area contributed by atoms with Crippen LogP contribution in [-0.4, -0.2) is 34.0 Å². The number of pyridine rings is 1. The Bertz CT molecular complexity index is 1420. The SMILES string of the molecule is Cc1onc2c1CC1(CC2)Cc2ccc(-c3cncc(C#N)c3)cc2C12N=C(N)N(C)C2=O. The highest BCUT2D eigenvalue weighted by atomic mass is 16.5. The first-order valence-electron chi connectivity index (χ1n) is 10.9. The number of fused-ring (bicyclic) bond motifs is 4. The van der Waals surface area contributed by atoms with Crippen molar-refractivity contribution in [2.45, 2.75) is 38.1 Å². The summed E-state index contributed by atoms with van der Waals surface area (Å²) in [6.45, 7) is 1.92. The Balaban J connectivity index is 1.56. The molecule has 8 nitrogen and oxygen atoms in total. The molecule has 0 radical (unpaired) electrons. The Morgan fingerprint density at radius 1 is 1.21 bits per heavy atom. The first kappa shape index (κ1) is 19.7. The lowest BCUT2D eigenvalue weighted by atomic mass is 9.61. The molecule has 2 spiro atoms. The number of hydrogen-bond donors (Lipinski definition) is 1. The monoisotopic (exact) mass is 438 g/mol. The third-order valence-electron chi connectivity index (χ3n) is 7.66. The molecule has 0 fully saturated rings. The normalized spacial score (nSPS) is 25.3. The Hall–Kier alpha value is -3.99. The predicted octanol–water partition coefficient (Wildman–Crippen LogP) is 2.63. The van der Waals surface area contributed by atoms with E-state index in [9.17, 15) is 10.1 Å². The van der Waals surface area contributed by atoms with Crippen LogP contribution in [0.2, 0.25) is 0 Å². The van der Waals surface area contributed by atoms with Gasteiger partial charge in [0, 0.05) is 36.0 Å². The van der Waals surface area contributed by atoms with Gasteiger partial charge in [0.2, 0.25) is 0 Å². The van der Waals surface area contributed by atoms with E-state index in [0.29, 0.717) is 12.0 Å². The Morgan fingerprint density at radius 2 is 2.06 bits per heavy atom. The van der Waals surface area contributed by atoms with Crippen LogP contribution in [0.15, 0.2) is 46.2 Å². The van der Waals surface area contributed by atoms with E-state index in [1.165, 1.54) is 11.1 Å². The zero-order chi connectivity index (χ0) is 23.0. The number of amides is 1. The first-order valence-corrected chi connectivity index (χ1v) is 10.9. The van der Waals surface area contributed by atoms with Gasteiger partial charge in [0.25, 0.3) is 5.91 Å². The van der Waals surface area contributed by atoms with E-state index in [1.54, 1.807) is 19.3 Å². The van der Waals surface area contributed by atoms with E-state index in [2.05, 4.69) is 22.3 Å². The van der Waals surface area contributed by atoms with Crippen molar-refractivity contribution < 1.29 is 9.32 Å². The van der Waals surface area contributed by atoms with Crippen LogP contribution >= 0.6 is 0 Å². The van der Waals surface area contributed by atoms with Crippen molar-refractivity contribution in [2.24, 2.45) is 16.1 Å². The maximum absolute atomic E-state index is 13.9. The van der Waals surface area contributed by atoms with Gasteiger partial charge < -0.3 is 10.3 Å². The van der Waals surface area contributed by atoms with Crippen molar-refractivity contribution in [1.29, 1.82) is 5.26 Å². The molecule has 3 aliphatic rings. The second-order valence-electron chi connectivity index (χ2n) is 9.29. The fraction of sp³-hybridized carbons (Fsp3) is 0.320. The van der Waals surface area contributed by atoms with Crippen molar-refractivity contribution in [3.8, 4) is 17.2 Å². The molecular weight excluding hydrogens is 416 g/mol. The Kier molecular flexibility index (Phi) is 3.88. The summed E-state index contributed by atoms with van der Waals surface area (Å²) in [5, 5.41) is 13.5. The molecule has 2 aromatic heterocycles. The van der Waals surface area contributed by atoms with Gasteiger partial charge in [-0.3, -0.25) is 14.7 Å². The van der Waals surface area contributed by atoms with E-state index in [1.807, 2.05) is 19.1 Å². The number of benzene rings is 1. The molecular formula is C25H22N6O2. The molecule has 1 amide bonds. The van der Waals surface area contributed by atoms with Gasteiger partial charge >= 0.3 is 0 Å². The molecule has 6 rings (SSSR count). The number of rotatable bonds is 1. The summed E-state index contributed by atoms with van der Waals surface area (Å²) in [6.07, 6.45) is 6.14. The van der Waals surface area contributed by atoms with Crippen LogP contribution in [0.4, 0.5) is 0 Å². The van der Waals surface area contributed by atoms with Crippen LogP contribution in [0.3, 0.4) is 0 Å². The number of aryl methyl sites for hydroxylation is 2. The van der Waals surface area contributed by atoms with Crippen LogP contribution in [0.5, 0.6) is 0 Å². The van der Waals surface area contributed by atoms with Gasteiger partial charge in [0.1, 0.15) is 11.8 Å². The number of guanidine groups is 1. The van der Waals surface area contributed by atoms with E-state index in [4.69, 9.17) is 15.2 Å². The van der Waals surface area contributed by atoms with Crippen molar-refractivity contribution in [3.05, 3.63) is 70.4 Å². The summed E-state index contributed by atoms with van der Waals surface area (Å²) in [7, 11) is 1.69. The lowest BCUT2D eigenvalue weighted by Crippen LogP contribution is -2.51. The molecule has 3 heterocycles. The molecule has 0 bridgehead atoms. The maximum Gasteiger partial charge on any atom is 0.262 e. The zero-order valence-corrected chi connectivity index (χ0v) is 18.4. The summed E-state index contributed by atoms with van der Waals surface area (Å²) in [6, 6.07) is 10.1. The van der Waals surface area contributed by atoms with Crippen LogP contribution in [-0.2, 0) is 29.6 Å². The molecule has 8 heteroatoms.